The molecule has 4 N–H and O–H groups in total. The summed E-state index contributed by atoms with van der Waals surface area (Å²) >= 11 is 0. The lowest BCUT2D eigenvalue weighted by Gasteiger charge is -2.49. The van der Waals surface area contributed by atoms with E-state index >= 15 is 0 Å². The van der Waals surface area contributed by atoms with Crippen LogP contribution in [0.25, 0.3) is 0 Å². The van der Waals surface area contributed by atoms with Crippen molar-refractivity contribution in [3.63, 3.8) is 0 Å². The number of carbonyl (C=O) groups is 1. The molecule has 2 rings (SSSR count). The van der Waals surface area contributed by atoms with Gasteiger partial charge in [0.15, 0.2) is 0 Å². The van der Waals surface area contributed by atoms with Crippen LogP contribution in [0.2, 0.25) is 0 Å². The van der Waals surface area contributed by atoms with Crippen molar-refractivity contribution in [3.05, 3.63) is 11.4 Å². The number of nitrogens with zero attached hydrogens (tertiary/aromatic N) is 2. The second kappa shape index (κ2) is 4.52. The molecule has 0 aromatic carbocycles. The minimum absolute atomic E-state index is 0.0325. The van der Waals surface area contributed by atoms with Crippen LogP contribution in [0.4, 0.5) is 5.69 Å². The molecule has 2 atom stereocenters. The van der Waals surface area contributed by atoms with Gasteiger partial charge in [0, 0.05) is 18.0 Å². The number of rotatable bonds is 3. The summed E-state index contributed by atoms with van der Waals surface area (Å²) in [5.41, 5.74) is 7.13. The van der Waals surface area contributed by atoms with E-state index in [1.165, 1.54) is 0 Å². The Morgan fingerprint density at radius 1 is 1.63 bits per heavy atom. The van der Waals surface area contributed by atoms with Crippen LogP contribution in [-0.4, -0.2) is 32.9 Å². The molecule has 2 unspecified atom stereocenters. The van der Waals surface area contributed by atoms with E-state index in [1.807, 2.05) is 20.8 Å². The van der Waals surface area contributed by atoms with Gasteiger partial charge in [0.25, 0.3) is 5.91 Å². The number of aliphatic hydroxyl groups is 1. The van der Waals surface area contributed by atoms with E-state index in [0.29, 0.717) is 30.0 Å². The van der Waals surface area contributed by atoms with Crippen molar-refractivity contribution in [3.8, 4) is 0 Å². The predicted molar refractivity (Wildman–Crippen MR) is 72.7 cm³/mol. The summed E-state index contributed by atoms with van der Waals surface area (Å²) in [6.07, 6.45) is 0.214. The van der Waals surface area contributed by atoms with Crippen molar-refractivity contribution < 1.29 is 9.90 Å². The molecule has 0 saturated heterocycles. The Balaban J connectivity index is 2.18. The van der Waals surface area contributed by atoms with Gasteiger partial charge in [-0.1, -0.05) is 13.8 Å². The minimum Gasteiger partial charge on any atom is -0.395 e. The van der Waals surface area contributed by atoms with E-state index in [4.69, 9.17) is 5.73 Å². The monoisotopic (exact) mass is 266 g/mol. The minimum atomic E-state index is -0.368. The van der Waals surface area contributed by atoms with Gasteiger partial charge in [-0.25, -0.2) is 0 Å². The quantitative estimate of drug-likeness (QED) is 0.750. The molecular weight excluding hydrogens is 244 g/mol. The number of nitrogens with one attached hydrogen (secondary N) is 1. The Hall–Kier alpha value is -1.56. The van der Waals surface area contributed by atoms with Gasteiger partial charge in [-0.3, -0.25) is 9.48 Å². The Morgan fingerprint density at radius 3 is 2.74 bits per heavy atom. The molecule has 1 fully saturated rings. The molecule has 0 bridgehead atoms. The smallest absolute Gasteiger partial charge is 0.271 e. The summed E-state index contributed by atoms with van der Waals surface area (Å²) in [4.78, 5) is 12.3. The molecule has 0 radical (unpaired) electrons. The molecule has 1 heterocycles. The van der Waals surface area contributed by atoms with Gasteiger partial charge >= 0.3 is 0 Å². The van der Waals surface area contributed by atoms with E-state index < -0.39 is 0 Å². The van der Waals surface area contributed by atoms with Crippen LogP contribution in [0.3, 0.4) is 0 Å². The fourth-order valence-electron chi connectivity index (χ4n) is 2.44. The fraction of sp³-hybridized carbons (Fsp3) is 0.692. The number of hydrogen-bond acceptors (Lipinski definition) is 4. The third-order valence-electron chi connectivity index (χ3n) is 4.21. The fourth-order valence-corrected chi connectivity index (χ4v) is 2.44. The van der Waals surface area contributed by atoms with E-state index in [0.717, 1.165) is 0 Å². The van der Waals surface area contributed by atoms with Crippen LogP contribution in [0.1, 0.15) is 43.4 Å². The first-order chi connectivity index (χ1) is 8.78. The van der Waals surface area contributed by atoms with Gasteiger partial charge in [-0.05, 0) is 20.3 Å². The predicted octanol–water partition coefficient (Wildman–Crippen LogP) is 0.683. The number of aryl methyl sites for hydroxylation is 2. The van der Waals surface area contributed by atoms with Gasteiger partial charge < -0.3 is 16.2 Å². The highest BCUT2D eigenvalue weighted by molar-refractivity contribution is 5.98. The average molecular weight is 266 g/mol. The zero-order chi connectivity index (χ0) is 14.4. The molecule has 1 aliphatic carbocycles. The molecule has 1 saturated carbocycles. The first kappa shape index (κ1) is 13.9. The van der Waals surface area contributed by atoms with Gasteiger partial charge in [-0.15, -0.1) is 0 Å². The highest BCUT2D eigenvalue weighted by Crippen LogP contribution is 2.40. The molecule has 1 aliphatic rings. The summed E-state index contributed by atoms with van der Waals surface area (Å²) in [6, 6.07) is -0.0325. The number of carbonyl (C=O) groups excluding carboxylic acids is 1. The molecule has 1 aromatic heterocycles. The lowest BCUT2D eigenvalue weighted by molar-refractivity contribution is -0.0690. The number of amides is 1. The van der Waals surface area contributed by atoms with Crippen LogP contribution in [0.5, 0.6) is 0 Å². The van der Waals surface area contributed by atoms with Crippen molar-refractivity contribution in [1.82, 2.24) is 15.1 Å². The number of anilines is 1. The van der Waals surface area contributed by atoms with Crippen LogP contribution in [0, 0.1) is 12.3 Å². The zero-order valence-corrected chi connectivity index (χ0v) is 11.9. The van der Waals surface area contributed by atoms with Crippen molar-refractivity contribution >= 4 is 11.6 Å². The molecule has 106 valence electrons. The largest absolute Gasteiger partial charge is 0.395 e. The van der Waals surface area contributed by atoms with Crippen molar-refractivity contribution in [2.75, 3.05) is 5.73 Å². The SMILES string of the molecule is CCn1nc(C)c(N)c1C(=O)NC1CC(O)C1(C)C. The summed E-state index contributed by atoms with van der Waals surface area (Å²) in [7, 11) is 0. The maximum Gasteiger partial charge on any atom is 0.271 e. The molecule has 6 heteroatoms. The van der Waals surface area contributed by atoms with E-state index in [1.54, 1.807) is 11.6 Å². The van der Waals surface area contributed by atoms with Gasteiger partial charge in [0.2, 0.25) is 0 Å². The third-order valence-corrected chi connectivity index (χ3v) is 4.21. The number of nitrogens with two attached hydrogens (primary N) is 1. The molecule has 19 heavy (non-hydrogen) atoms. The van der Waals surface area contributed by atoms with Crippen molar-refractivity contribution in [2.45, 2.75) is 52.8 Å². The molecular formula is C13H22N4O2. The van der Waals surface area contributed by atoms with Crippen LogP contribution in [-0.2, 0) is 6.54 Å². The van der Waals surface area contributed by atoms with Gasteiger partial charge in [-0.2, -0.15) is 5.10 Å². The molecule has 6 nitrogen and oxygen atoms in total. The summed E-state index contributed by atoms with van der Waals surface area (Å²) in [5, 5.41) is 16.9. The second-order valence-electron chi connectivity index (χ2n) is 5.76. The number of hydrogen-bond donors (Lipinski definition) is 3. The molecule has 1 amide bonds. The first-order valence-electron chi connectivity index (χ1n) is 6.60. The van der Waals surface area contributed by atoms with Gasteiger partial charge in [0.1, 0.15) is 5.69 Å². The maximum absolute atomic E-state index is 12.3. The Labute approximate surface area is 113 Å². The number of aliphatic hydroxyl groups excluding tert-OH is 1. The lowest BCUT2D eigenvalue weighted by atomic mass is 9.64. The highest BCUT2D eigenvalue weighted by atomic mass is 16.3. The first-order valence-corrected chi connectivity index (χ1v) is 6.60. The third kappa shape index (κ3) is 2.10. The van der Waals surface area contributed by atoms with Crippen molar-refractivity contribution in [2.24, 2.45) is 5.41 Å². The molecule has 0 aliphatic heterocycles. The van der Waals surface area contributed by atoms with E-state index in [9.17, 15) is 9.90 Å². The highest BCUT2D eigenvalue weighted by Gasteiger charge is 2.48. The maximum atomic E-state index is 12.3. The zero-order valence-electron chi connectivity index (χ0n) is 11.9. The Bertz CT molecular complexity index is 507. The van der Waals surface area contributed by atoms with E-state index in [-0.39, 0.29) is 23.5 Å². The van der Waals surface area contributed by atoms with Gasteiger partial charge in [0.05, 0.1) is 17.5 Å². The second-order valence-corrected chi connectivity index (χ2v) is 5.76. The standard InChI is InChI=1S/C13H22N4O2/c1-5-17-11(10(14)7(2)16-17)12(19)15-8-6-9(18)13(8,3)4/h8-9,18H,5-6,14H2,1-4H3,(H,15,19). The Kier molecular flexibility index (Phi) is 3.30. The molecule has 1 aromatic rings. The van der Waals surface area contributed by atoms with E-state index in [2.05, 4.69) is 10.4 Å². The average Bonchev–Trinajstić information content (AvgIpc) is 2.64. The lowest BCUT2D eigenvalue weighted by Crippen LogP contribution is -2.61. The summed E-state index contributed by atoms with van der Waals surface area (Å²) in [5.74, 6) is -0.218. The normalized spacial score (nSPS) is 24.9. The summed E-state index contributed by atoms with van der Waals surface area (Å²) in [6.45, 7) is 8.18. The molecule has 0 spiro atoms. The van der Waals surface area contributed by atoms with Crippen molar-refractivity contribution in [1.29, 1.82) is 0 Å². The van der Waals surface area contributed by atoms with Crippen LogP contribution in [0.15, 0.2) is 0 Å². The Morgan fingerprint density at radius 2 is 2.26 bits per heavy atom. The summed E-state index contributed by atoms with van der Waals surface area (Å²) < 4.78 is 1.61. The topological polar surface area (TPSA) is 93.2 Å². The number of nitrogen functional groups attached to an aromatic ring is 1. The van der Waals surface area contributed by atoms with Crippen LogP contribution < -0.4 is 11.1 Å². The number of aromatic nitrogens is 2. The van der Waals surface area contributed by atoms with Crippen LogP contribution >= 0.6 is 0 Å².